The van der Waals surface area contributed by atoms with Crippen molar-refractivity contribution in [2.45, 2.75) is 4.21 Å². The van der Waals surface area contributed by atoms with Crippen LogP contribution in [0, 0.1) is 0 Å². The van der Waals surface area contributed by atoms with Crippen molar-refractivity contribution in [3.05, 3.63) is 52.9 Å². The minimum absolute atomic E-state index is 0.0197. The van der Waals surface area contributed by atoms with E-state index >= 15 is 0 Å². The van der Waals surface area contributed by atoms with Gasteiger partial charge in [-0.15, -0.1) is 11.3 Å². The molecular formula is C15H10ClNO5S3. The fourth-order valence-electron chi connectivity index (χ4n) is 1.98. The first-order chi connectivity index (χ1) is 11.8. The van der Waals surface area contributed by atoms with Crippen molar-refractivity contribution < 1.29 is 23.1 Å². The Labute approximate surface area is 156 Å². The normalized spacial score (nSPS) is 11.2. The number of anilines is 1. The fraction of sp³-hybridized carbons (Fsp3) is 0. The Morgan fingerprint density at radius 3 is 2.44 bits per heavy atom. The fourth-order valence-corrected chi connectivity index (χ4v) is 5.55. The Hall–Kier alpha value is -2.07. The Balaban J connectivity index is 1.99. The van der Waals surface area contributed by atoms with Gasteiger partial charge in [-0.25, -0.2) is 13.2 Å². The standard InChI is InChI=1S/C15H10ClNO5S3/c16-12-6-7-13(24-12)25(20,21)17-10-8-11(9-4-2-1-3-5-9)23-14(10)22-15(18)19/h1-8,17H,(H,18,19). The quantitative estimate of drug-likeness (QED) is 0.573. The Morgan fingerprint density at radius 1 is 1.12 bits per heavy atom. The third-order valence-corrected chi connectivity index (χ3v) is 7.14. The van der Waals surface area contributed by atoms with Gasteiger partial charge < -0.3 is 9.84 Å². The lowest BCUT2D eigenvalue weighted by molar-refractivity contribution is 0.146. The van der Waals surface area contributed by atoms with Crippen LogP contribution in [0.5, 0.6) is 5.06 Å². The molecule has 6 nitrogen and oxygen atoms in total. The van der Waals surface area contributed by atoms with Crippen molar-refractivity contribution in [3.63, 3.8) is 0 Å². The zero-order valence-corrected chi connectivity index (χ0v) is 15.5. The second kappa shape index (κ2) is 7.04. The van der Waals surface area contributed by atoms with E-state index in [0.717, 1.165) is 28.2 Å². The molecule has 0 amide bonds. The molecule has 3 rings (SSSR count). The largest absolute Gasteiger partial charge is 0.512 e. The summed E-state index contributed by atoms with van der Waals surface area (Å²) in [7, 11) is -3.90. The van der Waals surface area contributed by atoms with Gasteiger partial charge in [0, 0.05) is 4.88 Å². The molecule has 0 saturated heterocycles. The number of ether oxygens (including phenoxy) is 1. The summed E-state index contributed by atoms with van der Waals surface area (Å²) >= 11 is 7.71. The minimum atomic E-state index is -3.90. The Bertz CT molecular complexity index is 1010. The van der Waals surface area contributed by atoms with Crippen LogP contribution in [-0.2, 0) is 10.0 Å². The number of thiophene rings is 2. The average Bonchev–Trinajstić information content (AvgIpc) is 3.15. The van der Waals surface area contributed by atoms with Gasteiger partial charge in [-0.3, -0.25) is 4.72 Å². The third-order valence-electron chi connectivity index (χ3n) is 2.99. The number of carbonyl (C=O) groups is 1. The van der Waals surface area contributed by atoms with E-state index in [9.17, 15) is 13.2 Å². The lowest BCUT2D eigenvalue weighted by atomic mass is 10.2. The van der Waals surface area contributed by atoms with Crippen molar-refractivity contribution in [2.24, 2.45) is 0 Å². The highest BCUT2D eigenvalue weighted by Gasteiger charge is 2.22. The first-order valence-electron chi connectivity index (χ1n) is 6.73. The maximum Gasteiger partial charge on any atom is 0.512 e. The van der Waals surface area contributed by atoms with Crippen molar-refractivity contribution in [2.75, 3.05) is 4.72 Å². The van der Waals surface area contributed by atoms with Crippen LogP contribution in [0.2, 0.25) is 4.34 Å². The molecule has 0 aliphatic carbocycles. The molecule has 2 heterocycles. The number of halogens is 1. The van der Waals surface area contributed by atoms with Crippen molar-refractivity contribution >= 4 is 56.1 Å². The van der Waals surface area contributed by atoms with E-state index in [2.05, 4.69) is 4.72 Å². The summed E-state index contributed by atoms with van der Waals surface area (Å²) < 4.78 is 32.3. The van der Waals surface area contributed by atoms with Gasteiger partial charge in [-0.1, -0.05) is 53.3 Å². The summed E-state index contributed by atoms with van der Waals surface area (Å²) in [5.74, 6) is 0. The molecule has 0 saturated carbocycles. The summed E-state index contributed by atoms with van der Waals surface area (Å²) in [6, 6.07) is 13.5. The number of hydrogen-bond donors (Lipinski definition) is 2. The minimum Gasteiger partial charge on any atom is -0.449 e. The van der Waals surface area contributed by atoms with E-state index in [1.807, 2.05) is 30.3 Å². The summed E-state index contributed by atoms with van der Waals surface area (Å²) in [6.45, 7) is 0. The van der Waals surface area contributed by atoms with Gasteiger partial charge >= 0.3 is 6.16 Å². The molecule has 2 aromatic heterocycles. The molecule has 3 aromatic rings. The summed E-state index contributed by atoms with van der Waals surface area (Å²) in [5, 5.41) is 8.82. The topological polar surface area (TPSA) is 92.7 Å². The molecule has 1 aromatic carbocycles. The number of benzene rings is 1. The van der Waals surface area contributed by atoms with E-state index in [1.54, 1.807) is 0 Å². The molecule has 0 fully saturated rings. The van der Waals surface area contributed by atoms with Gasteiger partial charge in [0.25, 0.3) is 10.0 Å². The third kappa shape index (κ3) is 4.13. The van der Waals surface area contributed by atoms with E-state index in [-0.39, 0.29) is 15.0 Å². The van der Waals surface area contributed by atoms with Crippen LogP contribution in [0.25, 0.3) is 10.4 Å². The molecule has 0 aliphatic heterocycles. The summed E-state index contributed by atoms with van der Waals surface area (Å²) in [6.07, 6.45) is -1.53. The Morgan fingerprint density at radius 2 is 1.84 bits per heavy atom. The Kier molecular flexibility index (Phi) is 5.00. The van der Waals surface area contributed by atoms with Crippen LogP contribution in [0.1, 0.15) is 0 Å². The second-order valence-corrected chi connectivity index (χ2v) is 9.35. The average molecular weight is 416 g/mol. The van der Waals surface area contributed by atoms with Gasteiger partial charge in [-0.2, -0.15) is 0 Å². The molecule has 0 unspecified atom stereocenters. The highest BCUT2D eigenvalue weighted by atomic mass is 35.5. The number of sulfonamides is 1. The predicted octanol–water partition coefficient (Wildman–Crippen LogP) is 4.99. The maximum absolute atomic E-state index is 12.4. The van der Waals surface area contributed by atoms with Gasteiger partial charge in [0.15, 0.2) is 0 Å². The predicted molar refractivity (Wildman–Crippen MR) is 98.5 cm³/mol. The van der Waals surface area contributed by atoms with Gasteiger partial charge in [0.05, 0.1) is 4.34 Å². The molecule has 0 aliphatic rings. The molecule has 0 atom stereocenters. The number of hydrogen-bond acceptors (Lipinski definition) is 6. The summed E-state index contributed by atoms with van der Waals surface area (Å²) in [4.78, 5) is 11.6. The molecule has 10 heteroatoms. The van der Waals surface area contributed by atoms with Crippen molar-refractivity contribution in [1.82, 2.24) is 0 Å². The van der Waals surface area contributed by atoms with Gasteiger partial charge in [0.1, 0.15) is 9.90 Å². The van der Waals surface area contributed by atoms with Gasteiger partial charge in [0.2, 0.25) is 5.06 Å². The summed E-state index contributed by atoms with van der Waals surface area (Å²) in [5.41, 5.74) is 0.864. The molecule has 130 valence electrons. The van der Waals surface area contributed by atoms with E-state index < -0.39 is 16.2 Å². The number of rotatable bonds is 5. The number of nitrogens with one attached hydrogen (secondary N) is 1. The SMILES string of the molecule is O=C(O)Oc1sc(-c2ccccc2)cc1NS(=O)(=O)c1ccc(Cl)s1. The molecule has 0 bridgehead atoms. The number of carboxylic acid groups (broad SMARTS) is 1. The lowest BCUT2D eigenvalue weighted by Crippen LogP contribution is -2.12. The van der Waals surface area contributed by atoms with E-state index in [0.29, 0.717) is 9.21 Å². The highest BCUT2D eigenvalue weighted by Crippen LogP contribution is 2.42. The maximum atomic E-state index is 12.4. The lowest BCUT2D eigenvalue weighted by Gasteiger charge is -2.05. The molecule has 0 spiro atoms. The van der Waals surface area contributed by atoms with Gasteiger partial charge in [-0.05, 0) is 23.8 Å². The zero-order chi connectivity index (χ0) is 18.0. The second-order valence-electron chi connectivity index (χ2n) is 4.71. The van der Waals surface area contributed by atoms with E-state index in [1.165, 1.54) is 18.2 Å². The van der Waals surface area contributed by atoms with E-state index in [4.69, 9.17) is 21.4 Å². The monoisotopic (exact) mass is 415 g/mol. The molecular weight excluding hydrogens is 406 g/mol. The first-order valence-corrected chi connectivity index (χ1v) is 10.2. The van der Waals surface area contributed by atoms with Crippen molar-refractivity contribution in [3.8, 4) is 15.5 Å². The first kappa shape index (κ1) is 17.7. The molecule has 2 N–H and O–H groups in total. The van der Waals surface area contributed by atoms with Crippen molar-refractivity contribution in [1.29, 1.82) is 0 Å². The smallest absolute Gasteiger partial charge is 0.449 e. The van der Waals surface area contributed by atoms with Crippen LogP contribution >= 0.6 is 34.3 Å². The van der Waals surface area contributed by atoms with Crippen LogP contribution in [0.15, 0.2) is 52.7 Å². The van der Waals surface area contributed by atoms with Crippen LogP contribution in [0.3, 0.4) is 0 Å². The zero-order valence-electron chi connectivity index (χ0n) is 12.3. The van der Waals surface area contributed by atoms with Crippen LogP contribution in [0.4, 0.5) is 10.5 Å². The van der Waals surface area contributed by atoms with Crippen LogP contribution in [-0.4, -0.2) is 19.7 Å². The molecule has 0 radical (unpaired) electrons. The van der Waals surface area contributed by atoms with Crippen LogP contribution < -0.4 is 9.46 Å². The molecule has 25 heavy (non-hydrogen) atoms. The highest BCUT2D eigenvalue weighted by molar-refractivity contribution is 7.94.